The van der Waals surface area contributed by atoms with Crippen LogP contribution in [0.25, 0.3) is 0 Å². The minimum atomic E-state index is -3.42. The number of halogens is 1. The van der Waals surface area contributed by atoms with Crippen LogP contribution in [0.5, 0.6) is 0 Å². The number of nitrogens with zero attached hydrogens (tertiary/aromatic N) is 1. The molecule has 1 aliphatic rings. The Hall–Kier alpha value is -0.500. The maximum absolute atomic E-state index is 11.1. The van der Waals surface area contributed by atoms with E-state index in [4.69, 9.17) is 8.92 Å². The lowest BCUT2D eigenvalue weighted by Gasteiger charge is -2.28. The van der Waals surface area contributed by atoms with Crippen molar-refractivity contribution < 1.29 is 17.3 Å². The Morgan fingerprint density at radius 1 is 1.50 bits per heavy atom. The van der Waals surface area contributed by atoms with E-state index in [9.17, 15) is 8.42 Å². The maximum atomic E-state index is 11.1. The highest BCUT2D eigenvalue weighted by molar-refractivity contribution is 9.10. The summed E-state index contributed by atoms with van der Waals surface area (Å²) in [5.41, 5.74) is 0.922. The van der Waals surface area contributed by atoms with Crippen molar-refractivity contribution in [3.63, 3.8) is 0 Å². The first kappa shape index (κ1) is 13.9. The third-order valence-electron chi connectivity index (χ3n) is 2.64. The third kappa shape index (κ3) is 4.01. The summed E-state index contributed by atoms with van der Waals surface area (Å²) in [7, 11) is -3.42. The van der Waals surface area contributed by atoms with E-state index in [0.29, 0.717) is 19.4 Å². The average molecular weight is 336 g/mol. The molecule has 0 aromatic carbocycles. The zero-order valence-electron chi connectivity index (χ0n) is 9.87. The highest BCUT2D eigenvalue weighted by atomic mass is 79.9. The predicted octanol–water partition coefficient (Wildman–Crippen LogP) is 2.04. The topological polar surface area (TPSA) is 65.5 Å². The first-order valence-corrected chi connectivity index (χ1v) is 8.15. The molecular weight excluding hydrogens is 322 g/mol. The molecule has 18 heavy (non-hydrogen) atoms. The van der Waals surface area contributed by atoms with E-state index < -0.39 is 10.1 Å². The van der Waals surface area contributed by atoms with Gasteiger partial charge < -0.3 is 4.74 Å². The standard InChI is InChI=1S/C11H14BrNO4S/c1-18(14,15)17-10-2-3-16-11(5-10)8-4-9(12)7-13-6-8/h4,6-7,10-11H,2-3,5H2,1H3. The molecule has 5 nitrogen and oxygen atoms in total. The number of rotatable bonds is 3. The van der Waals surface area contributed by atoms with E-state index in [1.807, 2.05) is 6.07 Å². The van der Waals surface area contributed by atoms with Gasteiger partial charge in [-0.2, -0.15) is 8.42 Å². The summed E-state index contributed by atoms with van der Waals surface area (Å²) in [5.74, 6) is 0. The Morgan fingerprint density at radius 3 is 2.94 bits per heavy atom. The van der Waals surface area contributed by atoms with E-state index in [0.717, 1.165) is 16.3 Å². The number of hydrogen-bond donors (Lipinski definition) is 0. The Bertz CT molecular complexity index is 520. The molecule has 7 heteroatoms. The SMILES string of the molecule is CS(=O)(=O)OC1CCOC(c2cncc(Br)c2)C1. The number of hydrogen-bond acceptors (Lipinski definition) is 5. The minimum Gasteiger partial charge on any atom is -0.373 e. The second-order valence-electron chi connectivity index (χ2n) is 4.24. The monoisotopic (exact) mass is 335 g/mol. The molecule has 1 aliphatic heterocycles. The highest BCUT2D eigenvalue weighted by Crippen LogP contribution is 2.30. The van der Waals surface area contributed by atoms with Crippen LogP contribution in [0.1, 0.15) is 24.5 Å². The average Bonchev–Trinajstić information content (AvgIpc) is 2.27. The summed E-state index contributed by atoms with van der Waals surface area (Å²) in [6.07, 6.45) is 5.09. The normalized spacial score (nSPS) is 25.0. The first-order chi connectivity index (χ1) is 8.44. The van der Waals surface area contributed by atoms with Gasteiger partial charge in [0.25, 0.3) is 10.1 Å². The second-order valence-corrected chi connectivity index (χ2v) is 6.76. The van der Waals surface area contributed by atoms with Gasteiger partial charge in [0, 0.05) is 35.5 Å². The molecule has 1 saturated heterocycles. The van der Waals surface area contributed by atoms with Crippen molar-refractivity contribution in [3.05, 3.63) is 28.5 Å². The van der Waals surface area contributed by atoms with Gasteiger partial charge in [-0.15, -0.1) is 0 Å². The second kappa shape index (κ2) is 5.64. The Morgan fingerprint density at radius 2 is 2.28 bits per heavy atom. The molecule has 1 fully saturated rings. The lowest BCUT2D eigenvalue weighted by Crippen LogP contribution is -2.28. The molecule has 0 spiro atoms. The van der Waals surface area contributed by atoms with Crippen molar-refractivity contribution in [2.24, 2.45) is 0 Å². The molecule has 0 aliphatic carbocycles. The largest absolute Gasteiger partial charge is 0.373 e. The summed E-state index contributed by atoms with van der Waals surface area (Å²) < 4.78 is 33.7. The van der Waals surface area contributed by atoms with Gasteiger partial charge in [-0.05, 0) is 28.4 Å². The number of aromatic nitrogens is 1. The summed E-state index contributed by atoms with van der Waals surface area (Å²) in [5, 5.41) is 0. The van der Waals surface area contributed by atoms with Crippen molar-refractivity contribution in [1.29, 1.82) is 0 Å². The van der Waals surface area contributed by atoms with Crippen LogP contribution in [-0.2, 0) is 19.0 Å². The molecule has 0 amide bonds. The highest BCUT2D eigenvalue weighted by Gasteiger charge is 2.27. The van der Waals surface area contributed by atoms with Crippen LogP contribution in [0, 0.1) is 0 Å². The van der Waals surface area contributed by atoms with E-state index in [-0.39, 0.29) is 12.2 Å². The Balaban J connectivity index is 2.07. The molecule has 2 unspecified atom stereocenters. The van der Waals surface area contributed by atoms with Crippen LogP contribution in [0.2, 0.25) is 0 Å². The summed E-state index contributed by atoms with van der Waals surface area (Å²) in [4.78, 5) is 4.07. The van der Waals surface area contributed by atoms with Gasteiger partial charge in [-0.1, -0.05) is 0 Å². The van der Waals surface area contributed by atoms with Crippen LogP contribution < -0.4 is 0 Å². The van der Waals surface area contributed by atoms with Gasteiger partial charge in [0.15, 0.2) is 0 Å². The molecule has 0 N–H and O–H groups in total. The molecule has 2 heterocycles. The van der Waals surface area contributed by atoms with Crippen LogP contribution in [-0.4, -0.2) is 32.4 Å². The Labute approximate surface area is 115 Å². The first-order valence-electron chi connectivity index (χ1n) is 5.54. The van der Waals surface area contributed by atoms with E-state index in [1.54, 1.807) is 12.4 Å². The molecule has 1 aromatic rings. The van der Waals surface area contributed by atoms with Crippen molar-refractivity contribution in [2.45, 2.75) is 25.0 Å². The Kier molecular flexibility index (Phi) is 4.37. The number of pyridine rings is 1. The maximum Gasteiger partial charge on any atom is 0.264 e. The van der Waals surface area contributed by atoms with E-state index >= 15 is 0 Å². The molecular formula is C11H14BrNO4S. The van der Waals surface area contributed by atoms with E-state index in [2.05, 4.69) is 20.9 Å². The van der Waals surface area contributed by atoms with Gasteiger partial charge in [-0.3, -0.25) is 9.17 Å². The van der Waals surface area contributed by atoms with Gasteiger partial charge in [-0.25, -0.2) is 0 Å². The van der Waals surface area contributed by atoms with Gasteiger partial charge in [0.05, 0.1) is 18.5 Å². The van der Waals surface area contributed by atoms with Gasteiger partial charge in [0.1, 0.15) is 0 Å². The molecule has 100 valence electrons. The van der Waals surface area contributed by atoms with Crippen molar-refractivity contribution in [1.82, 2.24) is 4.98 Å². The molecule has 2 atom stereocenters. The fourth-order valence-corrected chi connectivity index (χ4v) is 2.99. The zero-order valence-corrected chi connectivity index (χ0v) is 12.3. The van der Waals surface area contributed by atoms with Gasteiger partial charge >= 0.3 is 0 Å². The van der Waals surface area contributed by atoms with Crippen LogP contribution >= 0.6 is 15.9 Å². The fraction of sp³-hybridized carbons (Fsp3) is 0.545. The molecule has 2 rings (SSSR count). The number of ether oxygens (including phenoxy) is 1. The summed E-state index contributed by atoms with van der Waals surface area (Å²) in [6, 6.07) is 1.92. The van der Waals surface area contributed by atoms with Crippen molar-refractivity contribution >= 4 is 26.0 Å². The summed E-state index contributed by atoms with van der Waals surface area (Å²) in [6.45, 7) is 0.483. The molecule has 1 aromatic heterocycles. The van der Waals surface area contributed by atoms with Gasteiger partial charge in [0.2, 0.25) is 0 Å². The van der Waals surface area contributed by atoms with Crippen LogP contribution in [0.4, 0.5) is 0 Å². The lowest BCUT2D eigenvalue weighted by atomic mass is 10.0. The molecule has 0 bridgehead atoms. The summed E-state index contributed by atoms with van der Waals surface area (Å²) >= 11 is 3.35. The van der Waals surface area contributed by atoms with Crippen molar-refractivity contribution in [2.75, 3.05) is 12.9 Å². The van der Waals surface area contributed by atoms with Crippen LogP contribution in [0.15, 0.2) is 22.9 Å². The smallest absolute Gasteiger partial charge is 0.264 e. The minimum absolute atomic E-state index is 0.171. The lowest BCUT2D eigenvalue weighted by molar-refractivity contribution is -0.0344. The molecule has 0 radical (unpaired) electrons. The molecule has 0 saturated carbocycles. The van der Waals surface area contributed by atoms with E-state index in [1.165, 1.54) is 0 Å². The van der Waals surface area contributed by atoms with Crippen LogP contribution in [0.3, 0.4) is 0 Å². The fourth-order valence-electron chi connectivity index (χ4n) is 1.94. The third-order valence-corrected chi connectivity index (χ3v) is 3.70. The zero-order chi connectivity index (χ0) is 13.2. The predicted molar refractivity (Wildman–Crippen MR) is 69.6 cm³/mol. The van der Waals surface area contributed by atoms with Crippen molar-refractivity contribution in [3.8, 4) is 0 Å². The quantitative estimate of drug-likeness (QED) is 0.791.